The number of aryl methyl sites for hydroxylation is 2. The molecule has 0 saturated carbocycles. The zero-order valence-electron chi connectivity index (χ0n) is 17.2. The van der Waals surface area contributed by atoms with E-state index in [2.05, 4.69) is 19.9 Å². The van der Waals surface area contributed by atoms with Crippen LogP contribution in [0.1, 0.15) is 38.8 Å². The predicted octanol–water partition coefficient (Wildman–Crippen LogP) is 2.10. The van der Waals surface area contributed by atoms with Crippen molar-refractivity contribution in [2.45, 2.75) is 13.3 Å². The van der Waals surface area contributed by atoms with E-state index >= 15 is 0 Å². The second-order valence-corrected chi connectivity index (χ2v) is 7.34. The molecule has 1 amide bonds. The van der Waals surface area contributed by atoms with Gasteiger partial charge in [-0.1, -0.05) is 6.07 Å². The maximum atomic E-state index is 12.9. The number of carbonyl (C=O) groups excluding carboxylic acids is 2. The minimum absolute atomic E-state index is 0.0618. The van der Waals surface area contributed by atoms with Crippen LogP contribution in [-0.2, 0) is 7.05 Å². The maximum absolute atomic E-state index is 12.9. The Kier molecular flexibility index (Phi) is 5.56. The molecule has 0 N–H and O–H groups in total. The lowest BCUT2D eigenvalue weighted by molar-refractivity contribution is 0.0751. The van der Waals surface area contributed by atoms with Gasteiger partial charge in [-0.25, -0.2) is 9.97 Å². The van der Waals surface area contributed by atoms with Gasteiger partial charge in [-0.05, 0) is 37.6 Å². The highest BCUT2D eigenvalue weighted by molar-refractivity contribution is 6.08. The molecule has 8 nitrogen and oxygen atoms in total. The molecule has 30 heavy (non-hydrogen) atoms. The van der Waals surface area contributed by atoms with Crippen LogP contribution in [0, 0.1) is 6.92 Å². The van der Waals surface area contributed by atoms with Crippen molar-refractivity contribution in [3.8, 4) is 0 Å². The molecular formula is C22H24N6O2. The molecule has 0 unspecified atom stereocenters. The average Bonchev–Trinajstić information content (AvgIpc) is 3.04. The van der Waals surface area contributed by atoms with Crippen LogP contribution in [0.4, 0.5) is 5.82 Å². The van der Waals surface area contributed by atoms with Crippen molar-refractivity contribution in [3.05, 3.63) is 71.7 Å². The summed E-state index contributed by atoms with van der Waals surface area (Å²) in [5, 5.41) is 0. The van der Waals surface area contributed by atoms with Gasteiger partial charge in [0.25, 0.3) is 5.91 Å². The Morgan fingerprint density at radius 2 is 1.83 bits per heavy atom. The standard InChI is InChI=1S/C22H24N6O2/c1-16-17(6-4-9-23-16)20(29)18-7-3-8-19(25-18)27-11-5-12-28(15-14-27)22(30)21-24-10-13-26(21)2/h3-4,6-10,13H,5,11-12,14-15H2,1-2H3. The van der Waals surface area contributed by atoms with Crippen LogP contribution in [0.3, 0.4) is 0 Å². The number of nitrogens with zero attached hydrogens (tertiary/aromatic N) is 6. The van der Waals surface area contributed by atoms with E-state index in [4.69, 9.17) is 0 Å². The molecule has 1 fully saturated rings. The van der Waals surface area contributed by atoms with Crippen LogP contribution in [0.25, 0.3) is 0 Å². The lowest BCUT2D eigenvalue weighted by Crippen LogP contribution is -2.36. The molecule has 0 aliphatic carbocycles. The molecule has 1 aliphatic heterocycles. The summed E-state index contributed by atoms with van der Waals surface area (Å²) in [4.78, 5) is 42.6. The van der Waals surface area contributed by atoms with E-state index < -0.39 is 0 Å². The molecule has 0 spiro atoms. The van der Waals surface area contributed by atoms with Crippen LogP contribution in [0.5, 0.6) is 0 Å². The minimum atomic E-state index is -0.135. The van der Waals surface area contributed by atoms with Gasteiger partial charge in [-0.2, -0.15) is 0 Å². The van der Waals surface area contributed by atoms with E-state index in [-0.39, 0.29) is 11.7 Å². The van der Waals surface area contributed by atoms with Crippen LogP contribution < -0.4 is 4.90 Å². The van der Waals surface area contributed by atoms with E-state index in [1.807, 2.05) is 31.0 Å². The average molecular weight is 404 g/mol. The van der Waals surface area contributed by atoms with Gasteiger partial charge in [0.05, 0.1) is 0 Å². The van der Waals surface area contributed by atoms with Crippen LogP contribution in [0.2, 0.25) is 0 Å². The fraction of sp³-hybridized carbons (Fsp3) is 0.318. The highest BCUT2D eigenvalue weighted by Crippen LogP contribution is 2.18. The molecule has 0 radical (unpaired) electrons. The Hall–Kier alpha value is -3.55. The summed E-state index contributed by atoms with van der Waals surface area (Å²) in [6.45, 7) is 4.47. The molecule has 3 aromatic rings. The lowest BCUT2D eigenvalue weighted by atomic mass is 10.1. The van der Waals surface area contributed by atoms with Gasteiger partial charge in [-0.15, -0.1) is 0 Å². The second kappa shape index (κ2) is 8.44. The van der Waals surface area contributed by atoms with Gasteiger partial charge >= 0.3 is 0 Å². The summed E-state index contributed by atoms with van der Waals surface area (Å²) in [6, 6.07) is 9.01. The molecule has 0 bridgehead atoms. The fourth-order valence-electron chi connectivity index (χ4n) is 3.65. The number of imidazole rings is 1. The van der Waals surface area contributed by atoms with E-state index in [9.17, 15) is 9.59 Å². The second-order valence-electron chi connectivity index (χ2n) is 7.34. The van der Waals surface area contributed by atoms with E-state index in [1.165, 1.54) is 0 Å². The Balaban J connectivity index is 1.49. The first-order chi connectivity index (χ1) is 14.5. The van der Waals surface area contributed by atoms with Crippen LogP contribution >= 0.6 is 0 Å². The van der Waals surface area contributed by atoms with E-state index in [1.54, 1.807) is 41.4 Å². The zero-order chi connectivity index (χ0) is 21.1. The summed E-state index contributed by atoms with van der Waals surface area (Å²) >= 11 is 0. The number of ketones is 1. The maximum Gasteiger partial charge on any atom is 0.289 e. The number of rotatable bonds is 4. The van der Waals surface area contributed by atoms with Crippen molar-refractivity contribution >= 4 is 17.5 Å². The monoisotopic (exact) mass is 404 g/mol. The molecule has 4 heterocycles. The van der Waals surface area contributed by atoms with Crippen molar-refractivity contribution in [1.29, 1.82) is 0 Å². The van der Waals surface area contributed by atoms with Gasteiger partial charge in [0.2, 0.25) is 5.78 Å². The molecule has 154 valence electrons. The summed E-state index contributed by atoms with van der Waals surface area (Å²) < 4.78 is 1.74. The molecular weight excluding hydrogens is 380 g/mol. The van der Waals surface area contributed by atoms with Gasteiger partial charge in [0.15, 0.2) is 5.82 Å². The van der Waals surface area contributed by atoms with Gasteiger partial charge < -0.3 is 14.4 Å². The molecule has 0 aromatic carbocycles. The molecule has 3 aromatic heterocycles. The smallest absolute Gasteiger partial charge is 0.289 e. The largest absolute Gasteiger partial charge is 0.355 e. The molecule has 8 heteroatoms. The minimum Gasteiger partial charge on any atom is -0.355 e. The normalized spacial score (nSPS) is 14.5. The van der Waals surface area contributed by atoms with E-state index in [0.29, 0.717) is 42.4 Å². The first kappa shape index (κ1) is 19.8. The summed E-state index contributed by atoms with van der Waals surface area (Å²) in [5.74, 6) is 0.992. The van der Waals surface area contributed by atoms with Crippen molar-refractivity contribution in [3.63, 3.8) is 0 Å². The number of hydrogen-bond acceptors (Lipinski definition) is 6. The molecule has 1 saturated heterocycles. The Morgan fingerprint density at radius 1 is 0.967 bits per heavy atom. The van der Waals surface area contributed by atoms with Gasteiger partial charge in [0.1, 0.15) is 11.5 Å². The SMILES string of the molecule is Cc1ncccc1C(=O)c1cccc(N2CCCN(C(=O)c3nccn3C)CC2)n1. The molecule has 4 rings (SSSR count). The Morgan fingerprint density at radius 3 is 2.60 bits per heavy atom. The number of pyridine rings is 2. The number of carbonyl (C=O) groups is 2. The Bertz CT molecular complexity index is 1080. The van der Waals surface area contributed by atoms with Crippen molar-refractivity contribution in [2.24, 2.45) is 7.05 Å². The summed E-state index contributed by atoms with van der Waals surface area (Å²) in [5.41, 5.74) is 1.64. The fourth-order valence-corrected chi connectivity index (χ4v) is 3.65. The van der Waals surface area contributed by atoms with Crippen molar-refractivity contribution in [2.75, 3.05) is 31.1 Å². The third kappa shape index (κ3) is 3.94. The summed E-state index contributed by atoms with van der Waals surface area (Å²) in [7, 11) is 1.82. The van der Waals surface area contributed by atoms with Crippen LogP contribution in [-0.4, -0.2) is 62.3 Å². The number of amides is 1. The number of aromatic nitrogens is 4. The highest BCUT2D eigenvalue weighted by Gasteiger charge is 2.24. The van der Waals surface area contributed by atoms with Crippen molar-refractivity contribution in [1.82, 2.24) is 24.4 Å². The lowest BCUT2D eigenvalue weighted by Gasteiger charge is -2.23. The van der Waals surface area contributed by atoms with Crippen LogP contribution in [0.15, 0.2) is 48.9 Å². The number of hydrogen-bond donors (Lipinski definition) is 0. The highest BCUT2D eigenvalue weighted by atomic mass is 16.2. The quantitative estimate of drug-likeness (QED) is 0.619. The molecule has 1 aliphatic rings. The summed E-state index contributed by atoms with van der Waals surface area (Å²) in [6.07, 6.45) is 5.89. The first-order valence-electron chi connectivity index (χ1n) is 9.99. The van der Waals surface area contributed by atoms with E-state index in [0.717, 1.165) is 18.8 Å². The predicted molar refractivity (Wildman–Crippen MR) is 113 cm³/mol. The van der Waals surface area contributed by atoms with Crippen molar-refractivity contribution < 1.29 is 9.59 Å². The third-order valence-corrected chi connectivity index (χ3v) is 5.34. The third-order valence-electron chi connectivity index (χ3n) is 5.34. The molecule has 0 atom stereocenters. The topological polar surface area (TPSA) is 84.2 Å². The Labute approximate surface area is 175 Å². The first-order valence-corrected chi connectivity index (χ1v) is 9.99. The number of anilines is 1. The van der Waals surface area contributed by atoms with Gasteiger partial charge in [-0.3, -0.25) is 14.6 Å². The van der Waals surface area contributed by atoms with Gasteiger partial charge in [0, 0.05) is 63.1 Å². The zero-order valence-corrected chi connectivity index (χ0v) is 17.2.